The molecule has 1 aromatic carbocycles. The van der Waals surface area contributed by atoms with E-state index in [2.05, 4.69) is 20.2 Å². The lowest BCUT2D eigenvalue weighted by Gasteiger charge is -2.27. The van der Waals surface area contributed by atoms with Gasteiger partial charge in [-0.2, -0.15) is 4.98 Å². The van der Waals surface area contributed by atoms with Crippen molar-refractivity contribution in [3.63, 3.8) is 0 Å². The van der Waals surface area contributed by atoms with Crippen LogP contribution in [0.1, 0.15) is 18.2 Å². The molecule has 24 heavy (non-hydrogen) atoms. The number of rotatable bonds is 6. The predicted molar refractivity (Wildman–Crippen MR) is 93.8 cm³/mol. The summed E-state index contributed by atoms with van der Waals surface area (Å²) in [4.78, 5) is 11.3. The summed E-state index contributed by atoms with van der Waals surface area (Å²) in [5, 5.41) is 3.34. The minimum Gasteiger partial charge on any atom is -0.493 e. The molecule has 1 N–H and O–H groups in total. The lowest BCUT2D eigenvalue weighted by atomic mass is 10.2. The van der Waals surface area contributed by atoms with E-state index < -0.39 is 0 Å². The smallest absolute Gasteiger partial charge is 0.228 e. The number of aromatic nitrogens is 2. The fourth-order valence-corrected chi connectivity index (χ4v) is 2.68. The molecule has 0 unspecified atom stereocenters. The first kappa shape index (κ1) is 16.5. The molecule has 0 aliphatic carbocycles. The Hall–Kier alpha value is -2.34. The van der Waals surface area contributed by atoms with Crippen molar-refractivity contribution >= 4 is 5.95 Å². The zero-order chi connectivity index (χ0) is 16.8. The van der Waals surface area contributed by atoms with Gasteiger partial charge in [0.05, 0.1) is 6.61 Å². The number of nitrogens with zero attached hydrogens (tertiary/aromatic N) is 3. The standard InChI is InChI=1S/C18H24N4O2/c1-3-23-16-7-5-4-6-15(16)13-24-17-12-14(2)20-18(21-17)22-10-8-19-9-11-22/h4-7,12,19H,3,8-11,13H2,1-2H3. The summed E-state index contributed by atoms with van der Waals surface area (Å²) in [7, 11) is 0. The molecule has 3 rings (SSSR count). The zero-order valence-corrected chi connectivity index (χ0v) is 14.3. The van der Waals surface area contributed by atoms with Crippen molar-refractivity contribution in [1.82, 2.24) is 15.3 Å². The van der Waals surface area contributed by atoms with Crippen molar-refractivity contribution in [2.45, 2.75) is 20.5 Å². The number of benzene rings is 1. The fourth-order valence-electron chi connectivity index (χ4n) is 2.68. The van der Waals surface area contributed by atoms with E-state index in [-0.39, 0.29) is 0 Å². The van der Waals surface area contributed by atoms with Crippen LogP contribution < -0.4 is 19.7 Å². The first-order valence-corrected chi connectivity index (χ1v) is 8.41. The summed E-state index contributed by atoms with van der Waals surface area (Å²) >= 11 is 0. The molecule has 0 spiro atoms. The van der Waals surface area contributed by atoms with E-state index in [1.165, 1.54) is 0 Å². The topological polar surface area (TPSA) is 59.5 Å². The van der Waals surface area contributed by atoms with E-state index in [1.807, 2.05) is 44.2 Å². The third-order valence-corrected chi connectivity index (χ3v) is 3.87. The summed E-state index contributed by atoms with van der Waals surface area (Å²) < 4.78 is 11.6. The maximum atomic E-state index is 5.92. The molecule has 6 nitrogen and oxygen atoms in total. The van der Waals surface area contributed by atoms with Gasteiger partial charge in [-0.1, -0.05) is 18.2 Å². The Balaban J connectivity index is 1.72. The number of para-hydroxylation sites is 1. The second-order valence-electron chi connectivity index (χ2n) is 5.71. The van der Waals surface area contributed by atoms with Gasteiger partial charge in [-0.15, -0.1) is 0 Å². The van der Waals surface area contributed by atoms with Crippen LogP contribution in [0.25, 0.3) is 0 Å². The van der Waals surface area contributed by atoms with Crippen LogP contribution in [0.2, 0.25) is 0 Å². The third-order valence-electron chi connectivity index (χ3n) is 3.87. The first-order chi connectivity index (χ1) is 11.8. The number of aryl methyl sites for hydroxylation is 1. The van der Waals surface area contributed by atoms with Crippen molar-refractivity contribution < 1.29 is 9.47 Å². The molecule has 2 aromatic rings. The van der Waals surface area contributed by atoms with Gasteiger partial charge in [0, 0.05) is 43.5 Å². The molecule has 0 bridgehead atoms. The van der Waals surface area contributed by atoms with Gasteiger partial charge in [-0.05, 0) is 19.9 Å². The highest BCUT2D eigenvalue weighted by Crippen LogP contribution is 2.21. The molecule has 0 radical (unpaired) electrons. The van der Waals surface area contributed by atoms with Crippen LogP contribution in [0.15, 0.2) is 30.3 Å². The second kappa shape index (κ2) is 7.97. The van der Waals surface area contributed by atoms with Crippen molar-refractivity contribution in [2.24, 2.45) is 0 Å². The molecule has 0 atom stereocenters. The Labute approximate surface area is 142 Å². The summed E-state index contributed by atoms with van der Waals surface area (Å²) in [5.74, 6) is 2.19. The van der Waals surface area contributed by atoms with Crippen LogP contribution in [0.3, 0.4) is 0 Å². The molecular weight excluding hydrogens is 304 g/mol. The predicted octanol–water partition coefficient (Wildman–Crippen LogP) is 2.17. The lowest BCUT2D eigenvalue weighted by Crippen LogP contribution is -2.44. The number of hydrogen-bond acceptors (Lipinski definition) is 6. The SMILES string of the molecule is CCOc1ccccc1COc1cc(C)nc(N2CCNCC2)n1. The van der Waals surface area contributed by atoms with E-state index >= 15 is 0 Å². The van der Waals surface area contributed by atoms with Crippen molar-refractivity contribution in [3.8, 4) is 11.6 Å². The lowest BCUT2D eigenvalue weighted by molar-refractivity contribution is 0.277. The Morgan fingerprint density at radius 1 is 1.12 bits per heavy atom. The van der Waals surface area contributed by atoms with Gasteiger partial charge in [0.1, 0.15) is 12.4 Å². The Kier molecular flexibility index (Phi) is 5.48. The molecule has 1 aliphatic rings. The van der Waals surface area contributed by atoms with E-state index in [0.717, 1.165) is 49.1 Å². The molecular formula is C18H24N4O2. The maximum absolute atomic E-state index is 5.92. The Bertz CT molecular complexity index is 672. The van der Waals surface area contributed by atoms with Gasteiger partial charge in [0.2, 0.25) is 11.8 Å². The van der Waals surface area contributed by atoms with Crippen LogP contribution in [-0.4, -0.2) is 42.8 Å². The number of anilines is 1. The highest BCUT2D eigenvalue weighted by molar-refractivity contribution is 5.36. The highest BCUT2D eigenvalue weighted by atomic mass is 16.5. The van der Waals surface area contributed by atoms with Crippen LogP contribution in [0, 0.1) is 6.92 Å². The average molecular weight is 328 g/mol. The van der Waals surface area contributed by atoms with E-state index in [9.17, 15) is 0 Å². The minimum atomic E-state index is 0.424. The molecule has 0 saturated carbocycles. The average Bonchev–Trinajstić information content (AvgIpc) is 2.61. The molecule has 128 valence electrons. The van der Waals surface area contributed by atoms with Gasteiger partial charge in [-0.3, -0.25) is 0 Å². The quantitative estimate of drug-likeness (QED) is 0.877. The molecule has 1 fully saturated rings. The van der Waals surface area contributed by atoms with Crippen molar-refractivity contribution in [3.05, 3.63) is 41.6 Å². The fraction of sp³-hybridized carbons (Fsp3) is 0.444. The van der Waals surface area contributed by atoms with Crippen molar-refractivity contribution in [2.75, 3.05) is 37.7 Å². The summed E-state index contributed by atoms with van der Waals surface area (Å²) in [6.07, 6.45) is 0. The van der Waals surface area contributed by atoms with Crippen LogP contribution in [-0.2, 0) is 6.61 Å². The monoisotopic (exact) mass is 328 g/mol. The molecule has 2 heterocycles. The number of nitrogens with one attached hydrogen (secondary N) is 1. The highest BCUT2D eigenvalue weighted by Gasteiger charge is 2.15. The summed E-state index contributed by atoms with van der Waals surface area (Å²) in [6, 6.07) is 9.79. The molecule has 1 aliphatic heterocycles. The van der Waals surface area contributed by atoms with Crippen LogP contribution in [0.5, 0.6) is 11.6 Å². The number of ether oxygens (including phenoxy) is 2. The minimum absolute atomic E-state index is 0.424. The number of hydrogen-bond donors (Lipinski definition) is 1. The molecule has 1 saturated heterocycles. The van der Waals surface area contributed by atoms with Crippen molar-refractivity contribution in [1.29, 1.82) is 0 Å². The Morgan fingerprint density at radius 3 is 2.71 bits per heavy atom. The third kappa shape index (κ3) is 4.14. The van der Waals surface area contributed by atoms with Gasteiger partial charge in [0.15, 0.2) is 0 Å². The largest absolute Gasteiger partial charge is 0.493 e. The molecule has 6 heteroatoms. The number of piperazine rings is 1. The molecule has 0 amide bonds. The zero-order valence-electron chi connectivity index (χ0n) is 14.3. The summed E-state index contributed by atoms with van der Waals surface area (Å²) in [5.41, 5.74) is 1.92. The van der Waals surface area contributed by atoms with Gasteiger partial charge >= 0.3 is 0 Å². The van der Waals surface area contributed by atoms with Gasteiger partial charge in [0.25, 0.3) is 0 Å². The van der Waals surface area contributed by atoms with Gasteiger partial charge < -0.3 is 19.7 Å². The van der Waals surface area contributed by atoms with E-state index in [4.69, 9.17) is 9.47 Å². The molecule has 1 aromatic heterocycles. The van der Waals surface area contributed by atoms with E-state index in [0.29, 0.717) is 19.1 Å². The maximum Gasteiger partial charge on any atom is 0.228 e. The first-order valence-electron chi connectivity index (χ1n) is 8.41. The van der Waals surface area contributed by atoms with Crippen LogP contribution >= 0.6 is 0 Å². The van der Waals surface area contributed by atoms with Gasteiger partial charge in [-0.25, -0.2) is 4.98 Å². The normalized spacial score (nSPS) is 14.5. The van der Waals surface area contributed by atoms with Crippen LogP contribution in [0.4, 0.5) is 5.95 Å². The summed E-state index contributed by atoms with van der Waals surface area (Å²) in [6.45, 7) is 8.74. The Morgan fingerprint density at radius 2 is 1.92 bits per heavy atom. The van der Waals surface area contributed by atoms with E-state index in [1.54, 1.807) is 0 Å². The second-order valence-corrected chi connectivity index (χ2v) is 5.71.